The van der Waals surface area contributed by atoms with Crippen LogP contribution >= 0.6 is 0 Å². The fourth-order valence-electron chi connectivity index (χ4n) is 3.38. The van der Waals surface area contributed by atoms with Crippen molar-refractivity contribution in [3.8, 4) is 0 Å². The number of carbonyl (C=O) groups is 1. The van der Waals surface area contributed by atoms with Gasteiger partial charge in [0, 0.05) is 5.69 Å². The maximum atomic E-state index is 12.3. The summed E-state index contributed by atoms with van der Waals surface area (Å²) < 4.78 is 0. The van der Waals surface area contributed by atoms with Crippen LogP contribution in [0.1, 0.15) is 19.3 Å². The highest BCUT2D eigenvalue weighted by molar-refractivity contribution is 6.04. The van der Waals surface area contributed by atoms with Crippen LogP contribution in [-0.2, 0) is 4.79 Å². The van der Waals surface area contributed by atoms with Crippen LogP contribution in [0.15, 0.2) is 30.3 Å². The lowest BCUT2D eigenvalue weighted by molar-refractivity contribution is -0.117. The molecule has 1 spiro atoms. The average molecular weight is 258 g/mol. The van der Waals surface area contributed by atoms with Crippen LogP contribution in [0.3, 0.4) is 0 Å². The number of amides is 1. The van der Waals surface area contributed by atoms with E-state index in [1.54, 1.807) is 0 Å². The molecule has 2 aliphatic rings. The Morgan fingerprint density at radius 2 is 1.84 bits per heavy atom. The Morgan fingerprint density at radius 1 is 1.21 bits per heavy atom. The third-order valence-corrected chi connectivity index (χ3v) is 4.55. The van der Waals surface area contributed by atoms with E-state index in [1.807, 2.05) is 35.2 Å². The van der Waals surface area contributed by atoms with Crippen LogP contribution in [0.5, 0.6) is 0 Å². The molecule has 19 heavy (non-hydrogen) atoms. The van der Waals surface area contributed by atoms with Crippen molar-refractivity contribution in [2.24, 2.45) is 0 Å². The molecule has 0 saturated carbocycles. The standard InChI is InChI=1S/C14H19BN2O2/c15-16-8-6-14(7-9-16)12(18)10-13(19)17(14)11-4-2-1-3-5-11/h1-5,12,18H,6-10,15H2. The molecule has 4 nitrogen and oxygen atoms in total. The molecule has 1 N–H and O–H groups in total. The number of nitrogens with zero attached hydrogens (tertiary/aromatic N) is 2. The van der Waals surface area contributed by atoms with E-state index in [2.05, 4.69) is 12.8 Å². The normalized spacial score (nSPS) is 27.1. The van der Waals surface area contributed by atoms with Crippen molar-refractivity contribution in [1.82, 2.24) is 4.81 Å². The number of rotatable bonds is 1. The Balaban J connectivity index is 1.98. The Bertz CT molecular complexity index is 472. The Kier molecular flexibility index (Phi) is 3.11. The summed E-state index contributed by atoms with van der Waals surface area (Å²) in [5, 5.41) is 10.4. The van der Waals surface area contributed by atoms with Crippen LogP contribution in [0.25, 0.3) is 0 Å². The first kappa shape index (κ1) is 12.7. The molecule has 2 fully saturated rings. The van der Waals surface area contributed by atoms with E-state index in [9.17, 15) is 9.90 Å². The molecule has 0 bridgehead atoms. The van der Waals surface area contributed by atoms with E-state index in [-0.39, 0.29) is 12.3 Å². The molecule has 0 aliphatic carbocycles. The first-order valence-electron chi connectivity index (χ1n) is 6.88. The Morgan fingerprint density at radius 3 is 2.47 bits per heavy atom. The zero-order valence-electron chi connectivity index (χ0n) is 11.2. The summed E-state index contributed by atoms with van der Waals surface area (Å²) in [5.41, 5.74) is 0.513. The second-order valence-electron chi connectivity index (χ2n) is 5.69. The molecule has 2 aliphatic heterocycles. The van der Waals surface area contributed by atoms with E-state index >= 15 is 0 Å². The molecule has 1 amide bonds. The SMILES string of the molecule is BN1CCC2(CC1)C(O)CC(=O)N2c1ccccc1. The molecule has 3 rings (SSSR count). The maximum absolute atomic E-state index is 12.3. The molecule has 1 unspecified atom stereocenters. The van der Waals surface area contributed by atoms with E-state index in [0.29, 0.717) is 0 Å². The third kappa shape index (κ3) is 1.97. The topological polar surface area (TPSA) is 43.8 Å². The van der Waals surface area contributed by atoms with Crippen LogP contribution < -0.4 is 4.90 Å². The van der Waals surface area contributed by atoms with Crippen molar-refractivity contribution in [3.05, 3.63) is 30.3 Å². The summed E-state index contributed by atoms with van der Waals surface area (Å²) in [6.45, 7) is 1.85. The molecular formula is C14H19BN2O2. The molecule has 5 heteroatoms. The third-order valence-electron chi connectivity index (χ3n) is 4.55. The van der Waals surface area contributed by atoms with Gasteiger partial charge in [0.25, 0.3) is 0 Å². The van der Waals surface area contributed by atoms with Gasteiger partial charge in [0.2, 0.25) is 5.91 Å². The lowest BCUT2D eigenvalue weighted by atomic mass is 9.81. The molecule has 2 saturated heterocycles. The highest BCUT2D eigenvalue weighted by Crippen LogP contribution is 2.41. The summed E-state index contributed by atoms with van der Waals surface area (Å²) in [5.74, 6) is 0.0447. The summed E-state index contributed by atoms with van der Waals surface area (Å²) >= 11 is 0. The summed E-state index contributed by atoms with van der Waals surface area (Å²) in [7, 11) is 2.09. The molecular weight excluding hydrogens is 239 g/mol. The van der Waals surface area contributed by atoms with Gasteiger partial charge < -0.3 is 14.8 Å². The minimum Gasteiger partial charge on any atom is -0.390 e. The number of aliphatic hydroxyl groups is 1. The predicted molar refractivity (Wildman–Crippen MR) is 76.6 cm³/mol. The Hall–Kier alpha value is -1.33. The van der Waals surface area contributed by atoms with Crippen LogP contribution in [0.4, 0.5) is 5.69 Å². The number of benzene rings is 1. The molecule has 1 aromatic carbocycles. The van der Waals surface area contributed by atoms with E-state index < -0.39 is 11.6 Å². The first-order chi connectivity index (χ1) is 9.13. The lowest BCUT2D eigenvalue weighted by Crippen LogP contribution is -2.57. The van der Waals surface area contributed by atoms with Gasteiger partial charge in [-0.05, 0) is 38.1 Å². The predicted octanol–water partition coefficient (Wildman–Crippen LogP) is 0.167. The van der Waals surface area contributed by atoms with E-state index in [0.717, 1.165) is 31.6 Å². The molecule has 0 aromatic heterocycles. The largest absolute Gasteiger partial charge is 0.390 e. The minimum absolute atomic E-state index is 0.0447. The van der Waals surface area contributed by atoms with Gasteiger partial charge in [-0.1, -0.05) is 18.2 Å². The van der Waals surface area contributed by atoms with Crippen molar-refractivity contribution in [2.45, 2.75) is 30.9 Å². The van der Waals surface area contributed by atoms with Crippen molar-refractivity contribution < 1.29 is 9.90 Å². The number of hydrogen-bond donors (Lipinski definition) is 1. The highest BCUT2D eigenvalue weighted by atomic mass is 16.3. The molecule has 2 heterocycles. The summed E-state index contributed by atoms with van der Waals surface area (Å²) in [6.07, 6.45) is 1.38. The minimum atomic E-state index is -0.547. The van der Waals surface area contributed by atoms with Crippen molar-refractivity contribution in [3.63, 3.8) is 0 Å². The van der Waals surface area contributed by atoms with Gasteiger partial charge in [0.05, 0.1) is 18.1 Å². The summed E-state index contributed by atoms with van der Waals surface area (Å²) in [6, 6.07) is 9.74. The van der Waals surface area contributed by atoms with Crippen LogP contribution in [0.2, 0.25) is 0 Å². The fourth-order valence-corrected chi connectivity index (χ4v) is 3.38. The zero-order chi connectivity index (χ0) is 13.5. The van der Waals surface area contributed by atoms with Gasteiger partial charge in [-0.3, -0.25) is 4.79 Å². The number of anilines is 1. The first-order valence-corrected chi connectivity index (χ1v) is 6.88. The van der Waals surface area contributed by atoms with Crippen LogP contribution in [0, 0.1) is 0 Å². The van der Waals surface area contributed by atoms with Gasteiger partial charge in [-0.2, -0.15) is 0 Å². The van der Waals surface area contributed by atoms with Gasteiger partial charge in [0.15, 0.2) is 7.98 Å². The smallest absolute Gasteiger partial charge is 0.230 e. The molecule has 100 valence electrons. The highest BCUT2D eigenvalue weighted by Gasteiger charge is 2.53. The van der Waals surface area contributed by atoms with Crippen molar-refractivity contribution in [2.75, 3.05) is 18.0 Å². The second kappa shape index (κ2) is 4.65. The van der Waals surface area contributed by atoms with Crippen LogP contribution in [-0.4, -0.2) is 48.5 Å². The monoisotopic (exact) mass is 258 g/mol. The quantitative estimate of drug-likeness (QED) is 0.730. The van der Waals surface area contributed by atoms with Crippen molar-refractivity contribution >= 4 is 19.6 Å². The molecule has 0 radical (unpaired) electrons. The maximum Gasteiger partial charge on any atom is 0.230 e. The van der Waals surface area contributed by atoms with Gasteiger partial charge in [-0.25, -0.2) is 0 Å². The Labute approximate surface area is 114 Å². The summed E-state index contributed by atoms with van der Waals surface area (Å²) in [4.78, 5) is 16.4. The molecule has 1 atom stereocenters. The van der Waals surface area contributed by atoms with Gasteiger partial charge in [-0.15, -0.1) is 0 Å². The lowest BCUT2D eigenvalue weighted by Gasteiger charge is -2.45. The van der Waals surface area contributed by atoms with Gasteiger partial charge in [0.1, 0.15) is 0 Å². The number of piperidine rings is 1. The fraction of sp³-hybridized carbons (Fsp3) is 0.500. The number of aliphatic hydroxyl groups excluding tert-OH is 1. The van der Waals surface area contributed by atoms with Gasteiger partial charge >= 0.3 is 0 Å². The average Bonchev–Trinajstić information content (AvgIpc) is 2.65. The van der Waals surface area contributed by atoms with Crippen molar-refractivity contribution in [1.29, 1.82) is 0 Å². The number of para-hydroxylation sites is 1. The van der Waals surface area contributed by atoms with E-state index in [4.69, 9.17) is 0 Å². The number of carbonyl (C=O) groups excluding carboxylic acids is 1. The molecule has 1 aromatic rings. The van der Waals surface area contributed by atoms with E-state index in [1.165, 1.54) is 0 Å². The number of hydrogen-bond acceptors (Lipinski definition) is 3. The second-order valence-corrected chi connectivity index (χ2v) is 5.69. The zero-order valence-corrected chi connectivity index (χ0v) is 11.2.